The Morgan fingerprint density at radius 3 is 1.78 bits per heavy atom. The smallest absolute Gasteiger partial charge is 0.388 e. The van der Waals surface area contributed by atoms with Crippen molar-refractivity contribution >= 4 is 19.8 Å². The Balaban J connectivity index is 4.85. The fourth-order valence-corrected chi connectivity index (χ4v) is 1.58. The number of rotatable bonds is 1. The molecule has 0 aliphatic carbocycles. The predicted molar refractivity (Wildman–Crippen MR) is 75.8 cm³/mol. The van der Waals surface area contributed by atoms with Crippen molar-refractivity contribution < 1.29 is 14.3 Å². The van der Waals surface area contributed by atoms with E-state index < -0.39 is 25.4 Å². The summed E-state index contributed by atoms with van der Waals surface area (Å²) < 4.78 is 4.97. The highest BCUT2D eigenvalue weighted by molar-refractivity contribution is 6.87. The zero-order valence-corrected chi connectivity index (χ0v) is 13.7. The Labute approximate surface area is 111 Å². The largest absolute Gasteiger partial charge is 0.453 e. The molecule has 0 saturated heterocycles. The normalized spacial score (nSPS) is 12.4. The monoisotopic (exact) mass is 268 g/mol. The average molecular weight is 268 g/mol. The second-order valence-electron chi connectivity index (χ2n) is 6.96. The van der Waals surface area contributed by atoms with E-state index in [1.165, 1.54) is 0 Å². The van der Waals surface area contributed by atoms with E-state index in [0.29, 0.717) is 0 Å². The number of ketones is 1. The molecule has 0 unspecified atom stereocenters. The summed E-state index contributed by atoms with van der Waals surface area (Å²) in [5, 5.41) is 0.0637. The molecule has 0 aliphatic heterocycles. The van der Waals surface area contributed by atoms with E-state index in [1.54, 1.807) is 20.8 Å². The van der Waals surface area contributed by atoms with Crippen molar-refractivity contribution in [1.82, 2.24) is 0 Å². The topological polar surface area (TPSA) is 43.4 Å². The zero-order valence-electron chi connectivity index (χ0n) is 12.7. The maximum Gasteiger partial charge on any atom is 0.388 e. The molecule has 0 N–H and O–H groups in total. The molecular formula is C14H24O3Si. The van der Waals surface area contributed by atoms with Gasteiger partial charge >= 0.3 is 11.8 Å². The molecule has 0 spiro atoms. The van der Waals surface area contributed by atoms with E-state index >= 15 is 0 Å². The standard InChI is InChI=1S/C14H24O3Si/c1-13(2,3)17-12(16)11(15)9-10-18(7,8)14(4,5)6/h1-8H3. The van der Waals surface area contributed by atoms with Crippen LogP contribution in [0.25, 0.3) is 0 Å². The first-order valence-electron chi connectivity index (χ1n) is 6.07. The molecule has 3 nitrogen and oxygen atoms in total. The fourth-order valence-electron chi connectivity index (χ4n) is 0.776. The van der Waals surface area contributed by atoms with Gasteiger partial charge in [0.15, 0.2) is 0 Å². The molecule has 0 bridgehead atoms. The van der Waals surface area contributed by atoms with E-state index in [1.807, 2.05) is 0 Å². The summed E-state index contributed by atoms with van der Waals surface area (Å²) in [6.45, 7) is 15.6. The summed E-state index contributed by atoms with van der Waals surface area (Å²) in [7, 11) is -1.86. The van der Waals surface area contributed by atoms with Crippen LogP contribution in [0.5, 0.6) is 0 Å². The average Bonchev–Trinajstić information content (AvgIpc) is 2.09. The van der Waals surface area contributed by atoms with Gasteiger partial charge in [-0.15, -0.1) is 5.54 Å². The van der Waals surface area contributed by atoms with Gasteiger partial charge in [0.25, 0.3) is 0 Å². The summed E-state index contributed by atoms with van der Waals surface area (Å²) >= 11 is 0. The Bertz CT molecular complexity index is 397. The first-order chi connectivity index (χ1) is 7.76. The lowest BCUT2D eigenvalue weighted by molar-refractivity contribution is -0.160. The van der Waals surface area contributed by atoms with Gasteiger partial charge in [0.1, 0.15) is 13.7 Å². The molecule has 0 aliphatic rings. The minimum absolute atomic E-state index is 0.0637. The number of hydrogen-bond acceptors (Lipinski definition) is 3. The van der Waals surface area contributed by atoms with Crippen molar-refractivity contribution in [3.63, 3.8) is 0 Å². The lowest BCUT2D eigenvalue weighted by atomic mass is 10.2. The van der Waals surface area contributed by atoms with Gasteiger partial charge < -0.3 is 4.74 Å². The van der Waals surface area contributed by atoms with Crippen molar-refractivity contribution in [2.24, 2.45) is 0 Å². The van der Waals surface area contributed by atoms with Crippen LogP contribution in [-0.4, -0.2) is 25.4 Å². The maximum absolute atomic E-state index is 11.6. The summed E-state index contributed by atoms with van der Waals surface area (Å²) in [5.41, 5.74) is 2.34. The second-order valence-corrected chi connectivity index (χ2v) is 12.0. The molecule has 0 aromatic carbocycles. The Kier molecular flexibility index (Phi) is 4.96. The first kappa shape index (κ1) is 16.9. The maximum atomic E-state index is 11.6. The molecular weight excluding hydrogens is 244 g/mol. The van der Waals surface area contributed by atoms with Crippen LogP contribution >= 0.6 is 0 Å². The van der Waals surface area contributed by atoms with Crippen LogP contribution in [0.1, 0.15) is 41.5 Å². The summed E-state index contributed by atoms with van der Waals surface area (Å²) in [6.07, 6.45) is 0. The van der Waals surface area contributed by atoms with Crippen LogP contribution < -0.4 is 0 Å². The van der Waals surface area contributed by atoms with Gasteiger partial charge in [-0.05, 0) is 31.7 Å². The van der Waals surface area contributed by atoms with Crippen molar-refractivity contribution in [1.29, 1.82) is 0 Å². The van der Waals surface area contributed by atoms with Crippen LogP contribution in [-0.2, 0) is 14.3 Å². The molecule has 0 atom stereocenters. The minimum atomic E-state index is -1.86. The number of Topliss-reactive ketones (excluding diaryl/α,β-unsaturated/α-hetero) is 1. The van der Waals surface area contributed by atoms with Gasteiger partial charge in [-0.1, -0.05) is 33.9 Å². The van der Waals surface area contributed by atoms with Gasteiger partial charge in [-0.2, -0.15) is 0 Å². The summed E-state index contributed by atoms with van der Waals surface area (Å²) in [5.74, 6) is 0.828. The van der Waals surface area contributed by atoms with Gasteiger partial charge in [0, 0.05) is 0 Å². The third kappa shape index (κ3) is 5.50. The highest BCUT2D eigenvalue weighted by Gasteiger charge is 2.34. The van der Waals surface area contributed by atoms with Gasteiger partial charge in [-0.3, -0.25) is 4.79 Å². The molecule has 0 rings (SSSR count). The van der Waals surface area contributed by atoms with Crippen LogP contribution in [0.4, 0.5) is 0 Å². The Hall–Kier alpha value is -1.08. The molecule has 18 heavy (non-hydrogen) atoms. The van der Waals surface area contributed by atoms with Gasteiger partial charge in [0.2, 0.25) is 0 Å². The zero-order chi connectivity index (χ0) is 14.8. The van der Waals surface area contributed by atoms with Gasteiger partial charge in [0.05, 0.1) is 0 Å². The minimum Gasteiger partial charge on any atom is -0.453 e. The number of esters is 1. The quantitative estimate of drug-likeness (QED) is 0.318. The summed E-state index contributed by atoms with van der Waals surface area (Å²) in [4.78, 5) is 23.0. The van der Waals surface area contributed by atoms with Crippen molar-refractivity contribution in [3.05, 3.63) is 0 Å². The van der Waals surface area contributed by atoms with Crippen LogP contribution in [0.2, 0.25) is 18.1 Å². The molecule has 0 aromatic heterocycles. The van der Waals surface area contributed by atoms with Crippen molar-refractivity contribution in [2.45, 2.75) is 65.3 Å². The number of carbonyl (C=O) groups excluding carboxylic acids is 2. The fraction of sp³-hybridized carbons (Fsp3) is 0.714. The molecule has 4 heteroatoms. The highest BCUT2D eigenvalue weighted by Crippen LogP contribution is 2.35. The second kappa shape index (κ2) is 5.27. The third-order valence-corrected chi connectivity index (χ3v) is 7.45. The first-order valence-corrected chi connectivity index (χ1v) is 9.07. The summed E-state index contributed by atoms with van der Waals surface area (Å²) in [6, 6.07) is 0. The van der Waals surface area contributed by atoms with E-state index in [-0.39, 0.29) is 5.04 Å². The van der Waals surface area contributed by atoms with Crippen LogP contribution in [0, 0.1) is 11.5 Å². The molecule has 0 heterocycles. The van der Waals surface area contributed by atoms with Crippen molar-refractivity contribution in [2.75, 3.05) is 0 Å². The van der Waals surface area contributed by atoms with E-state index in [2.05, 4.69) is 45.3 Å². The number of carbonyl (C=O) groups is 2. The van der Waals surface area contributed by atoms with E-state index in [4.69, 9.17) is 4.74 Å². The van der Waals surface area contributed by atoms with Crippen LogP contribution in [0.3, 0.4) is 0 Å². The lowest BCUT2D eigenvalue weighted by Gasteiger charge is -2.31. The highest BCUT2D eigenvalue weighted by atomic mass is 28.3. The third-order valence-electron chi connectivity index (χ3n) is 2.95. The molecule has 0 amide bonds. The lowest BCUT2D eigenvalue weighted by Crippen LogP contribution is -2.36. The molecule has 0 saturated carbocycles. The predicted octanol–water partition coefficient (Wildman–Crippen LogP) is 2.95. The number of ether oxygens (including phenoxy) is 1. The Morgan fingerprint density at radius 2 is 1.44 bits per heavy atom. The number of hydrogen-bond donors (Lipinski definition) is 0. The molecule has 0 radical (unpaired) electrons. The van der Waals surface area contributed by atoms with E-state index in [9.17, 15) is 9.59 Å². The Morgan fingerprint density at radius 1 is 1.00 bits per heavy atom. The molecule has 0 aromatic rings. The molecule has 102 valence electrons. The van der Waals surface area contributed by atoms with E-state index in [0.717, 1.165) is 0 Å². The van der Waals surface area contributed by atoms with Gasteiger partial charge in [-0.25, -0.2) is 4.79 Å². The SMILES string of the molecule is CC(C)(C)OC(=O)C(=O)C#C[Si](C)(C)C(C)(C)C. The molecule has 0 fully saturated rings. The van der Waals surface area contributed by atoms with Crippen molar-refractivity contribution in [3.8, 4) is 11.5 Å². The van der Waals surface area contributed by atoms with Crippen LogP contribution in [0.15, 0.2) is 0 Å².